The molecule has 0 spiro atoms. The van der Waals surface area contributed by atoms with E-state index >= 15 is 0 Å². The van der Waals surface area contributed by atoms with Crippen molar-refractivity contribution in [2.45, 2.75) is 65.2 Å². The normalized spacial score (nSPS) is 17.7. The van der Waals surface area contributed by atoms with E-state index in [4.69, 9.17) is 9.94 Å². The highest BCUT2D eigenvalue weighted by atomic mass is 16.5. The maximum Gasteiger partial charge on any atom is 0.127 e. The second kappa shape index (κ2) is 7.03. The minimum absolute atomic E-state index is 0.169. The van der Waals surface area contributed by atoms with E-state index in [0.29, 0.717) is 6.61 Å². The predicted molar refractivity (Wildman–Crippen MR) is 112 cm³/mol. The fraction of sp³-hybridized carbons (Fsp3) is 0.458. The fourth-order valence-electron chi connectivity index (χ4n) is 4.20. The molecule has 0 atom stereocenters. The highest BCUT2D eigenvalue weighted by Gasteiger charge is 2.37. The summed E-state index contributed by atoms with van der Waals surface area (Å²) in [5.41, 5.74) is 7.69. The zero-order valence-corrected chi connectivity index (χ0v) is 17.4. The average molecular weight is 366 g/mol. The molecule has 3 heteroatoms. The van der Waals surface area contributed by atoms with E-state index in [1.165, 1.54) is 41.3 Å². The van der Waals surface area contributed by atoms with Crippen molar-refractivity contribution in [3.63, 3.8) is 0 Å². The van der Waals surface area contributed by atoms with E-state index in [2.05, 4.69) is 58.0 Å². The molecule has 3 rings (SSSR count). The van der Waals surface area contributed by atoms with E-state index in [9.17, 15) is 0 Å². The van der Waals surface area contributed by atoms with Gasteiger partial charge in [-0.25, -0.2) is 0 Å². The molecule has 0 aliphatic heterocycles. The van der Waals surface area contributed by atoms with E-state index in [1.807, 2.05) is 19.1 Å². The van der Waals surface area contributed by atoms with Gasteiger partial charge < -0.3 is 9.94 Å². The molecule has 2 aromatic rings. The third-order valence-electron chi connectivity index (χ3n) is 6.00. The number of rotatable bonds is 4. The number of aryl methyl sites for hydroxylation is 1. The van der Waals surface area contributed by atoms with Crippen LogP contribution in [-0.4, -0.2) is 18.0 Å². The van der Waals surface area contributed by atoms with Crippen LogP contribution in [0.2, 0.25) is 0 Å². The lowest BCUT2D eigenvalue weighted by Crippen LogP contribution is -2.34. The zero-order chi connectivity index (χ0) is 19.8. The molecule has 1 N–H and O–H groups in total. The van der Waals surface area contributed by atoms with Crippen molar-refractivity contribution >= 4 is 6.21 Å². The number of hydrogen-bond acceptors (Lipinski definition) is 3. The van der Waals surface area contributed by atoms with E-state index < -0.39 is 0 Å². The molecule has 144 valence electrons. The lowest BCUT2D eigenvalue weighted by molar-refractivity contribution is 0.321. The molecule has 0 radical (unpaired) electrons. The molecule has 27 heavy (non-hydrogen) atoms. The van der Waals surface area contributed by atoms with Gasteiger partial charge in [0, 0.05) is 5.56 Å². The van der Waals surface area contributed by atoms with Crippen molar-refractivity contribution in [3.8, 4) is 16.9 Å². The summed E-state index contributed by atoms with van der Waals surface area (Å²) in [5.74, 6) is 0.825. The molecule has 0 unspecified atom stereocenters. The number of benzene rings is 2. The van der Waals surface area contributed by atoms with Crippen LogP contribution < -0.4 is 4.74 Å². The molecule has 1 aliphatic carbocycles. The molecule has 0 saturated heterocycles. The Kier molecular flexibility index (Phi) is 5.07. The van der Waals surface area contributed by atoms with Crippen molar-refractivity contribution in [1.82, 2.24) is 0 Å². The summed E-state index contributed by atoms with van der Waals surface area (Å²) in [5, 5.41) is 12.0. The quantitative estimate of drug-likeness (QED) is 0.397. The van der Waals surface area contributed by atoms with Gasteiger partial charge in [0.2, 0.25) is 0 Å². The topological polar surface area (TPSA) is 41.8 Å². The van der Waals surface area contributed by atoms with Crippen LogP contribution in [0.1, 0.15) is 69.7 Å². The van der Waals surface area contributed by atoms with Crippen molar-refractivity contribution < 1.29 is 9.94 Å². The van der Waals surface area contributed by atoms with Crippen LogP contribution in [0.4, 0.5) is 0 Å². The highest BCUT2D eigenvalue weighted by Crippen LogP contribution is 2.48. The molecule has 1 aliphatic rings. The third kappa shape index (κ3) is 3.60. The Morgan fingerprint density at radius 3 is 2.22 bits per heavy atom. The third-order valence-corrected chi connectivity index (χ3v) is 6.00. The first kappa shape index (κ1) is 19.5. The second-order valence-corrected chi connectivity index (χ2v) is 8.91. The Balaban J connectivity index is 2.21. The Labute approximate surface area is 163 Å². The Bertz CT molecular complexity index is 878. The standard InChI is InChI=1S/C24H31NO2/c1-7-27-22-13-17(15-25-26)8-9-18(22)19-14-21-20(12-16(19)2)23(3,4)10-11-24(21,5)6/h8-9,12-15,26H,7,10-11H2,1-6H3. The minimum Gasteiger partial charge on any atom is -0.493 e. The lowest BCUT2D eigenvalue weighted by atomic mass is 9.62. The summed E-state index contributed by atoms with van der Waals surface area (Å²) in [7, 11) is 0. The van der Waals surface area contributed by atoms with E-state index in [-0.39, 0.29) is 10.8 Å². The van der Waals surface area contributed by atoms with Gasteiger partial charge in [-0.3, -0.25) is 0 Å². The molecule has 0 saturated carbocycles. The van der Waals surface area contributed by atoms with Crippen molar-refractivity contribution in [1.29, 1.82) is 0 Å². The summed E-state index contributed by atoms with van der Waals surface area (Å²) in [6.45, 7) is 14.2. The first-order valence-electron chi connectivity index (χ1n) is 9.80. The van der Waals surface area contributed by atoms with E-state index in [1.54, 1.807) is 0 Å². The summed E-state index contributed by atoms with van der Waals surface area (Å²) in [6, 6.07) is 10.7. The summed E-state index contributed by atoms with van der Waals surface area (Å²) < 4.78 is 5.93. The maximum absolute atomic E-state index is 8.84. The van der Waals surface area contributed by atoms with Crippen LogP contribution in [-0.2, 0) is 10.8 Å². The largest absolute Gasteiger partial charge is 0.493 e. The van der Waals surface area contributed by atoms with Gasteiger partial charge in [-0.1, -0.05) is 45.0 Å². The van der Waals surface area contributed by atoms with Gasteiger partial charge in [0.1, 0.15) is 5.75 Å². The maximum atomic E-state index is 8.84. The van der Waals surface area contributed by atoms with Crippen molar-refractivity contribution in [2.24, 2.45) is 5.16 Å². The van der Waals surface area contributed by atoms with Crippen molar-refractivity contribution in [2.75, 3.05) is 6.61 Å². The van der Waals surface area contributed by atoms with Gasteiger partial charge in [0.15, 0.2) is 0 Å². The Morgan fingerprint density at radius 1 is 1.00 bits per heavy atom. The number of oxime groups is 1. The molecule has 0 aromatic heterocycles. The van der Waals surface area contributed by atoms with Gasteiger partial charge in [-0.15, -0.1) is 0 Å². The first-order valence-corrected chi connectivity index (χ1v) is 9.80. The fourth-order valence-corrected chi connectivity index (χ4v) is 4.20. The lowest BCUT2D eigenvalue weighted by Gasteiger charge is -2.42. The first-order chi connectivity index (χ1) is 12.7. The Hall–Kier alpha value is -2.29. The van der Waals surface area contributed by atoms with Crippen LogP contribution in [0.5, 0.6) is 5.75 Å². The molecular formula is C24H31NO2. The SMILES string of the molecule is CCOc1cc(C=NO)ccc1-c1cc2c(cc1C)C(C)(C)CCC2(C)C. The average Bonchev–Trinajstić information content (AvgIpc) is 2.60. The molecule has 0 amide bonds. The molecule has 0 fully saturated rings. The zero-order valence-electron chi connectivity index (χ0n) is 17.4. The molecule has 3 nitrogen and oxygen atoms in total. The van der Waals surface area contributed by atoms with Crippen LogP contribution in [0, 0.1) is 6.92 Å². The summed E-state index contributed by atoms with van der Waals surface area (Å²) in [6.07, 6.45) is 3.84. The molecule has 0 heterocycles. The van der Waals surface area contributed by atoms with Gasteiger partial charge in [-0.2, -0.15) is 0 Å². The minimum atomic E-state index is 0.169. The molecule has 2 aromatic carbocycles. The predicted octanol–water partition coefficient (Wildman–Crippen LogP) is 6.22. The van der Waals surface area contributed by atoms with Gasteiger partial charge in [0.05, 0.1) is 12.8 Å². The molecular weight excluding hydrogens is 334 g/mol. The monoisotopic (exact) mass is 365 g/mol. The van der Waals surface area contributed by atoms with Crippen LogP contribution in [0.15, 0.2) is 35.5 Å². The van der Waals surface area contributed by atoms with Crippen LogP contribution in [0.3, 0.4) is 0 Å². The van der Waals surface area contributed by atoms with Crippen LogP contribution >= 0.6 is 0 Å². The summed E-state index contributed by atoms with van der Waals surface area (Å²) in [4.78, 5) is 0. The molecule has 0 bridgehead atoms. The van der Waals surface area contributed by atoms with Gasteiger partial charge >= 0.3 is 0 Å². The van der Waals surface area contributed by atoms with Gasteiger partial charge in [-0.05, 0) is 83.5 Å². The Morgan fingerprint density at radius 2 is 1.63 bits per heavy atom. The second-order valence-electron chi connectivity index (χ2n) is 8.91. The number of ether oxygens (including phenoxy) is 1. The summed E-state index contributed by atoms with van der Waals surface area (Å²) >= 11 is 0. The van der Waals surface area contributed by atoms with Crippen LogP contribution in [0.25, 0.3) is 11.1 Å². The van der Waals surface area contributed by atoms with Crippen molar-refractivity contribution in [3.05, 3.63) is 52.6 Å². The van der Waals surface area contributed by atoms with E-state index in [0.717, 1.165) is 16.9 Å². The number of fused-ring (bicyclic) bond motifs is 1. The smallest absolute Gasteiger partial charge is 0.127 e. The van der Waals surface area contributed by atoms with Gasteiger partial charge in [0.25, 0.3) is 0 Å². The highest BCUT2D eigenvalue weighted by molar-refractivity contribution is 5.84. The number of nitrogens with zero attached hydrogens (tertiary/aromatic N) is 1. The number of hydrogen-bond donors (Lipinski definition) is 1.